The van der Waals surface area contributed by atoms with Crippen molar-refractivity contribution in [3.63, 3.8) is 0 Å². The van der Waals surface area contributed by atoms with E-state index < -0.39 is 0 Å². The summed E-state index contributed by atoms with van der Waals surface area (Å²) < 4.78 is 0. The summed E-state index contributed by atoms with van der Waals surface area (Å²) in [5.41, 5.74) is 2.47. The summed E-state index contributed by atoms with van der Waals surface area (Å²) in [6.07, 6.45) is 0.861. The molecule has 1 aromatic heterocycles. The van der Waals surface area contributed by atoms with Gasteiger partial charge in [0.1, 0.15) is 6.04 Å². The van der Waals surface area contributed by atoms with Crippen molar-refractivity contribution < 1.29 is 10.1 Å². The van der Waals surface area contributed by atoms with Crippen LogP contribution in [0.15, 0.2) is 78.2 Å². The molecule has 0 spiro atoms. The van der Waals surface area contributed by atoms with Gasteiger partial charge in [-0.25, -0.2) is 0 Å². The van der Waals surface area contributed by atoms with Crippen molar-refractivity contribution in [2.45, 2.75) is 12.5 Å². The van der Waals surface area contributed by atoms with Crippen molar-refractivity contribution in [3.8, 4) is 0 Å². The fourth-order valence-corrected chi connectivity index (χ4v) is 3.68. The Morgan fingerprint density at radius 2 is 1.68 bits per heavy atom. The van der Waals surface area contributed by atoms with Gasteiger partial charge in [0.05, 0.1) is 4.88 Å². The van der Waals surface area contributed by atoms with Crippen LogP contribution in [0.5, 0.6) is 0 Å². The molecular formula is C21H23N2OS+. The molecule has 0 fully saturated rings. The minimum absolute atomic E-state index is 0.0772. The molecule has 3 aromatic rings. The lowest BCUT2D eigenvalue weighted by molar-refractivity contribution is -0.676. The first-order chi connectivity index (χ1) is 12.3. The van der Waals surface area contributed by atoms with Gasteiger partial charge < -0.3 is 10.6 Å². The molecule has 0 unspecified atom stereocenters. The highest BCUT2D eigenvalue weighted by Gasteiger charge is 2.19. The number of carbonyl (C=O) groups is 1. The van der Waals surface area contributed by atoms with Crippen molar-refractivity contribution >= 4 is 17.2 Å². The maximum absolute atomic E-state index is 12.2. The van der Waals surface area contributed by atoms with Gasteiger partial charge in [0.2, 0.25) is 0 Å². The SMILES string of the molecule is O=C(C[NH2+][C@@H](c1ccccc1)c1cccs1)NCCc1ccccc1. The topological polar surface area (TPSA) is 45.7 Å². The lowest BCUT2D eigenvalue weighted by atomic mass is 10.1. The number of benzene rings is 2. The Hall–Kier alpha value is -2.43. The Labute approximate surface area is 152 Å². The second kappa shape index (κ2) is 9.16. The zero-order chi connectivity index (χ0) is 17.3. The lowest BCUT2D eigenvalue weighted by Crippen LogP contribution is -2.87. The molecule has 1 atom stereocenters. The number of amides is 1. The first-order valence-electron chi connectivity index (χ1n) is 8.55. The van der Waals surface area contributed by atoms with E-state index in [0.717, 1.165) is 6.42 Å². The fraction of sp³-hybridized carbons (Fsp3) is 0.190. The van der Waals surface area contributed by atoms with Crippen LogP contribution in [-0.4, -0.2) is 19.0 Å². The van der Waals surface area contributed by atoms with Gasteiger partial charge in [-0.15, -0.1) is 11.3 Å². The van der Waals surface area contributed by atoms with Crippen LogP contribution in [0.3, 0.4) is 0 Å². The molecule has 3 nitrogen and oxygen atoms in total. The van der Waals surface area contributed by atoms with Crippen molar-refractivity contribution in [2.75, 3.05) is 13.1 Å². The summed E-state index contributed by atoms with van der Waals surface area (Å²) in [5.74, 6) is 0.0772. The van der Waals surface area contributed by atoms with Gasteiger partial charge >= 0.3 is 0 Å². The predicted molar refractivity (Wildman–Crippen MR) is 103 cm³/mol. The lowest BCUT2D eigenvalue weighted by Gasteiger charge is -2.14. The van der Waals surface area contributed by atoms with Crippen molar-refractivity contribution in [1.29, 1.82) is 0 Å². The molecule has 0 saturated heterocycles. The van der Waals surface area contributed by atoms with E-state index in [4.69, 9.17) is 0 Å². The first-order valence-corrected chi connectivity index (χ1v) is 9.43. The van der Waals surface area contributed by atoms with Gasteiger partial charge in [-0.05, 0) is 23.4 Å². The molecule has 128 valence electrons. The second-order valence-corrected chi connectivity index (χ2v) is 6.91. The number of carbonyl (C=O) groups excluding carboxylic acids is 1. The van der Waals surface area contributed by atoms with E-state index in [1.165, 1.54) is 16.0 Å². The van der Waals surface area contributed by atoms with Gasteiger partial charge in [0.15, 0.2) is 6.54 Å². The van der Waals surface area contributed by atoms with E-state index >= 15 is 0 Å². The van der Waals surface area contributed by atoms with E-state index in [1.54, 1.807) is 11.3 Å². The Bertz CT molecular complexity index is 757. The van der Waals surface area contributed by atoms with Crippen LogP contribution >= 0.6 is 11.3 Å². The molecule has 1 heterocycles. The molecule has 0 aliphatic rings. The van der Waals surface area contributed by atoms with Gasteiger partial charge in [0, 0.05) is 12.1 Å². The monoisotopic (exact) mass is 351 g/mol. The van der Waals surface area contributed by atoms with Gasteiger partial charge in [-0.3, -0.25) is 4.79 Å². The van der Waals surface area contributed by atoms with Gasteiger partial charge in [-0.1, -0.05) is 66.7 Å². The number of rotatable bonds is 8. The predicted octanol–water partition coefficient (Wildman–Crippen LogP) is 2.76. The van der Waals surface area contributed by atoms with Gasteiger partial charge in [0.25, 0.3) is 5.91 Å². The third-order valence-corrected chi connectivity index (χ3v) is 5.08. The number of thiophene rings is 1. The summed E-state index contributed by atoms with van der Waals surface area (Å²) >= 11 is 1.73. The number of hydrogen-bond donors (Lipinski definition) is 2. The summed E-state index contributed by atoms with van der Waals surface area (Å²) in [5, 5.41) is 7.21. The number of nitrogens with two attached hydrogens (primary N) is 1. The Morgan fingerprint density at radius 3 is 2.36 bits per heavy atom. The summed E-state index contributed by atoms with van der Waals surface area (Å²) in [7, 11) is 0. The van der Waals surface area contributed by atoms with Crippen molar-refractivity contribution in [3.05, 3.63) is 94.2 Å². The minimum atomic E-state index is 0.0772. The van der Waals surface area contributed by atoms with Crippen LogP contribution in [0.2, 0.25) is 0 Å². The van der Waals surface area contributed by atoms with E-state index in [1.807, 2.05) is 36.4 Å². The van der Waals surface area contributed by atoms with Crippen LogP contribution < -0.4 is 10.6 Å². The fourth-order valence-electron chi connectivity index (χ4n) is 2.83. The highest BCUT2D eigenvalue weighted by atomic mass is 32.1. The normalized spacial score (nSPS) is 11.8. The average molecular weight is 351 g/mol. The zero-order valence-corrected chi connectivity index (χ0v) is 14.9. The quantitative estimate of drug-likeness (QED) is 0.644. The number of quaternary nitrogens is 1. The molecule has 0 radical (unpaired) electrons. The van der Waals surface area contributed by atoms with Crippen LogP contribution in [0.25, 0.3) is 0 Å². The van der Waals surface area contributed by atoms with Crippen molar-refractivity contribution in [2.24, 2.45) is 0 Å². The van der Waals surface area contributed by atoms with E-state index in [2.05, 4.69) is 52.4 Å². The first kappa shape index (κ1) is 17.4. The molecule has 0 aliphatic heterocycles. The average Bonchev–Trinajstić information content (AvgIpc) is 3.18. The molecule has 25 heavy (non-hydrogen) atoms. The van der Waals surface area contributed by atoms with Crippen LogP contribution in [0.1, 0.15) is 22.0 Å². The van der Waals surface area contributed by atoms with E-state index in [9.17, 15) is 4.79 Å². The van der Waals surface area contributed by atoms with Crippen molar-refractivity contribution in [1.82, 2.24) is 5.32 Å². The number of nitrogens with one attached hydrogen (secondary N) is 1. The molecule has 3 N–H and O–H groups in total. The highest BCUT2D eigenvalue weighted by molar-refractivity contribution is 7.10. The summed E-state index contributed by atoms with van der Waals surface area (Å²) in [6, 6.07) is 24.9. The second-order valence-electron chi connectivity index (χ2n) is 5.93. The Morgan fingerprint density at radius 1 is 0.960 bits per heavy atom. The maximum Gasteiger partial charge on any atom is 0.275 e. The number of hydrogen-bond acceptors (Lipinski definition) is 2. The Kier molecular flexibility index (Phi) is 6.37. The third-order valence-electron chi connectivity index (χ3n) is 4.13. The molecule has 0 saturated carbocycles. The third kappa shape index (κ3) is 5.28. The largest absolute Gasteiger partial charge is 0.351 e. The van der Waals surface area contributed by atoms with E-state index in [0.29, 0.717) is 13.1 Å². The summed E-state index contributed by atoms with van der Waals surface area (Å²) in [6.45, 7) is 1.10. The summed E-state index contributed by atoms with van der Waals surface area (Å²) in [4.78, 5) is 13.5. The van der Waals surface area contributed by atoms with Crippen LogP contribution in [0, 0.1) is 0 Å². The molecule has 2 aromatic carbocycles. The molecule has 1 amide bonds. The molecule has 4 heteroatoms. The molecule has 3 rings (SSSR count). The zero-order valence-electron chi connectivity index (χ0n) is 14.1. The van der Waals surface area contributed by atoms with Crippen LogP contribution in [0.4, 0.5) is 0 Å². The smallest absolute Gasteiger partial charge is 0.275 e. The maximum atomic E-state index is 12.2. The molecular weight excluding hydrogens is 328 g/mol. The highest BCUT2D eigenvalue weighted by Crippen LogP contribution is 2.22. The van der Waals surface area contributed by atoms with E-state index in [-0.39, 0.29) is 11.9 Å². The standard InChI is InChI=1S/C21H22N2OS/c24-20(22-14-13-17-8-3-1-4-9-17)16-23-21(19-12-7-15-25-19)18-10-5-2-6-11-18/h1-12,15,21,23H,13-14,16H2,(H,22,24)/p+1/t21-/m0/s1. The van der Waals surface area contributed by atoms with Crippen LogP contribution in [-0.2, 0) is 11.2 Å². The Balaban J connectivity index is 1.52. The molecule has 0 aliphatic carbocycles. The minimum Gasteiger partial charge on any atom is -0.351 e. The molecule has 0 bridgehead atoms. The van der Waals surface area contributed by atoms with Gasteiger partial charge in [-0.2, -0.15) is 0 Å².